The molecule has 0 unspecified atom stereocenters. The predicted octanol–water partition coefficient (Wildman–Crippen LogP) is 3.08. The Morgan fingerprint density at radius 1 is 1.41 bits per heavy atom. The van der Waals surface area contributed by atoms with Gasteiger partial charge in [0.05, 0.1) is 6.54 Å². The third-order valence-corrected chi connectivity index (χ3v) is 2.84. The van der Waals surface area contributed by atoms with Gasteiger partial charge in [-0.05, 0) is 26.0 Å². The highest BCUT2D eigenvalue weighted by Crippen LogP contribution is 2.19. The summed E-state index contributed by atoms with van der Waals surface area (Å²) >= 11 is 5.95. The van der Waals surface area contributed by atoms with E-state index >= 15 is 0 Å². The van der Waals surface area contributed by atoms with E-state index in [1.165, 1.54) is 0 Å². The average Bonchev–Trinajstić information content (AvgIpc) is 2.92. The lowest BCUT2D eigenvalue weighted by Gasteiger charge is -2.12. The zero-order valence-corrected chi connectivity index (χ0v) is 15.7. The molecule has 2 aromatic rings. The lowest BCUT2D eigenvalue weighted by Crippen LogP contribution is -2.40. The van der Waals surface area contributed by atoms with Crippen molar-refractivity contribution in [2.24, 2.45) is 4.99 Å². The van der Waals surface area contributed by atoms with Gasteiger partial charge in [0.15, 0.2) is 5.96 Å². The van der Waals surface area contributed by atoms with E-state index in [2.05, 4.69) is 25.8 Å². The van der Waals surface area contributed by atoms with Gasteiger partial charge >= 0.3 is 0 Å². The molecule has 6 nitrogen and oxygen atoms in total. The highest BCUT2D eigenvalue weighted by atomic mass is 127. The van der Waals surface area contributed by atoms with Gasteiger partial charge in [-0.15, -0.1) is 24.0 Å². The number of hydrogen-bond acceptors (Lipinski definition) is 4. The Kier molecular flexibility index (Phi) is 7.60. The fourth-order valence-corrected chi connectivity index (χ4v) is 1.89. The number of aliphatic imine (C=N–C) groups is 1. The molecule has 0 saturated carbocycles. The Labute approximate surface area is 151 Å². The van der Waals surface area contributed by atoms with Crippen LogP contribution in [0.4, 0.5) is 0 Å². The lowest BCUT2D eigenvalue weighted by molar-refractivity contribution is 0.375. The lowest BCUT2D eigenvalue weighted by atomic mass is 10.2. The molecule has 2 N–H and O–H groups in total. The van der Waals surface area contributed by atoms with Gasteiger partial charge < -0.3 is 15.2 Å². The molecular formula is C14H19ClIN5O. The minimum absolute atomic E-state index is 0. The van der Waals surface area contributed by atoms with E-state index in [0.29, 0.717) is 35.3 Å². The number of nitrogens with one attached hydrogen (secondary N) is 2. The molecule has 0 aliphatic carbocycles. The molecular weight excluding hydrogens is 417 g/mol. The molecule has 1 aromatic heterocycles. The minimum atomic E-state index is 0. The van der Waals surface area contributed by atoms with Crippen molar-refractivity contribution in [1.29, 1.82) is 0 Å². The first-order chi connectivity index (χ1) is 10.1. The smallest absolute Gasteiger partial charge is 0.246 e. The summed E-state index contributed by atoms with van der Waals surface area (Å²) in [5, 5.41) is 10.9. The van der Waals surface area contributed by atoms with Crippen molar-refractivity contribution in [3.05, 3.63) is 35.2 Å². The first-order valence-electron chi connectivity index (χ1n) is 6.64. The van der Waals surface area contributed by atoms with Crippen LogP contribution in [0.3, 0.4) is 0 Å². The predicted molar refractivity (Wildman–Crippen MR) is 98.6 cm³/mol. The summed E-state index contributed by atoms with van der Waals surface area (Å²) in [7, 11) is 1.71. The number of halogens is 2. The van der Waals surface area contributed by atoms with Gasteiger partial charge in [-0.3, -0.25) is 4.99 Å². The van der Waals surface area contributed by atoms with E-state index in [4.69, 9.17) is 16.1 Å². The molecule has 0 aliphatic rings. The van der Waals surface area contributed by atoms with Crippen LogP contribution >= 0.6 is 35.6 Å². The molecule has 22 heavy (non-hydrogen) atoms. The van der Waals surface area contributed by atoms with Gasteiger partial charge in [0.25, 0.3) is 0 Å². The van der Waals surface area contributed by atoms with Gasteiger partial charge in [-0.2, -0.15) is 4.98 Å². The molecule has 120 valence electrons. The molecule has 0 fully saturated rings. The molecule has 0 bridgehead atoms. The second-order valence-corrected chi connectivity index (χ2v) is 5.18. The van der Waals surface area contributed by atoms with Crippen LogP contribution in [0.25, 0.3) is 11.4 Å². The first-order valence-corrected chi connectivity index (χ1v) is 7.02. The highest BCUT2D eigenvalue weighted by molar-refractivity contribution is 14.0. The normalized spacial score (nSPS) is 11.2. The van der Waals surface area contributed by atoms with Crippen LogP contribution in [0, 0.1) is 0 Å². The second-order valence-electron chi connectivity index (χ2n) is 4.75. The Bertz CT molecular complexity index is 629. The monoisotopic (exact) mass is 435 g/mol. The van der Waals surface area contributed by atoms with Crippen LogP contribution in [0.1, 0.15) is 19.7 Å². The quantitative estimate of drug-likeness (QED) is 0.438. The van der Waals surface area contributed by atoms with Crippen molar-refractivity contribution in [3.8, 4) is 11.4 Å². The maximum absolute atomic E-state index is 5.95. The molecule has 0 amide bonds. The third-order valence-electron chi connectivity index (χ3n) is 2.61. The fraction of sp³-hybridized carbons (Fsp3) is 0.357. The van der Waals surface area contributed by atoms with Gasteiger partial charge in [0, 0.05) is 23.7 Å². The number of rotatable bonds is 4. The fourth-order valence-electron chi connectivity index (χ4n) is 1.70. The van der Waals surface area contributed by atoms with Crippen molar-refractivity contribution in [2.75, 3.05) is 7.05 Å². The van der Waals surface area contributed by atoms with Crippen molar-refractivity contribution >= 4 is 41.5 Å². The Balaban J connectivity index is 0.00000242. The Morgan fingerprint density at radius 3 is 2.82 bits per heavy atom. The van der Waals surface area contributed by atoms with Gasteiger partial charge in [-0.1, -0.05) is 28.9 Å². The molecule has 0 saturated heterocycles. The molecule has 8 heteroatoms. The second kappa shape index (κ2) is 8.94. The van der Waals surface area contributed by atoms with Crippen molar-refractivity contribution < 1.29 is 4.52 Å². The zero-order valence-electron chi connectivity index (χ0n) is 12.6. The van der Waals surface area contributed by atoms with Gasteiger partial charge in [0.1, 0.15) is 0 Å². The number of benzene rings is 1. The van der Waals surface area contributed by atoms with E-state index in [1.807, 2.05) is 26.0 Å². The molecule has 1 aromatic carbocycles. The summed E-state index contributed by atoms with van der Waals surface area (Å²) < 4.78 is 5.21. The maximum atomic E-state index is 5.95. The number of hydrogen-bond donors (Lipinski definition) is 2. The van der Waals surface area contributed by atoms with Crippen LogP contribution in [0.2, 0.25) is 5.02 Å². The molecule has 0 radical (unpaired) electrons. The zero-order chi connectivity index (χ0) is 15.2. The molecule has 2 rings (SSSR count). The molecule has 0 spiro atoms. The van der Waals surface area contributed by atoms with Crippen LogP contribution in [-0.4, -0.2) is 29.2 Å². The van der Waals surface area contributed by atoms with Gasteiger partial charge in [-0.25, -0.2) is 0 Å². The standard InChI is InChI=1S/C14H18ClN5O.HI/c1-9(2)18-14(16-3)17-8-12-19-13(20-21-12)10-5-4-6-11(15)7-10;/h4-7,9H,8H2,1-3H3,(H2,16,17,18);1H. The number of nitrogens with zero attached hydrogens (tertiary/aromatic N) is 3. The molecule has 0 aliphatic heterocycles. The molecule has 1 heterocycles. The van der Waals surface area contributed by atoms with E-state index in [1.54, 1.807) is 19.2 Å². The van der Waals surface area contributed by atoms with Crippen molar-refractivity contribution in [3.63, 3.8) is 0 Å². The maximum Gasteiger partial charge on any atom is 0.246 e. The van der Waals surface area contributed by atoms with Crippen LogP contribution in [0.15, 0.2) is 33.8 Å². The van der Waals surface area contributed by atoms with Crippen LogP contribution in [0.5, 0.6) is 0 Å². The third kappa shape index (κ3) is 5.45. The number of guanidine groups is 1. The summed E-state index contributed by atoms with van der Waals surface area (Å²) in [6.07, 6.45) is 0. The Hall–Kier alpha value is -1.35. The summed E-state index contributed by atoms with van der Waals surface area (Å²) in [6.45, 7) is 4.48. The van der Waals surface area contributed by atoms with E-state index in [0.717, 1.165) is 5.56 Å². The number of aromatic nitrogens is 2. The SMILES string of the molecule is CN=C(NCc1nc(-c2cccc(Cl)c2)no1)NC(C)C.I. The summed E-state index contributed by atoms with van der Waals surface area (Å²) in [6, 6.07) is 7.62. The van der Waals surface area contributed by atoms with E-state index in [-0.39, 0.29) is 24.0 Å². The largest absolute Gasteiger partial charge is 0.354 e. The Morgan fingerprint density at radius 2 is 2.18 bits per heavy atom. The summed E-state index contributed by atoms with van der Waals surface area (Å²) in [5.41, 5.74) is 0.821. The topological polar surface area (TPSA) is 75.3 Å². The van der Waals surface area contributed by atoms with Crippen LogP contribution in [-0.2, 0) is 6.54 Å². The highest BCUT2D eigenvalue weighted by Gasteiger charge is 2.09. The van der Waals surface area contributed by atoms with Crippen LogP contribution < -0.4 is 10.6 Å². The van der Waals surface area contributed by atoms with E-state index < -0.39 is 0 Å². The van der Waals surface area contributed by atoms with Gasteiger partial charge in [0.2, 0.25) is 11.7 Å². The van der Waals surface area contributed by atoms with Crippen molar-refractivity contribution in [1.82, 2.24) is 20.8 Å². The average molecular weight is 436 g/mol. The van der Waals surface area contributed by atoms with Crippen molar-refractivity contribution in [2.45, 2.75) is 26.4 Å². The summed E-state index contributed by atoms with van der Waals surface area (Å²) in [4.78, 5) is 8.43. The molecule has 0 atom stereocenters. The summed E-state index contributed by atoms with van der Waals surface area (Å²) in [5.74, 6) is 1.69. The first kappa shape index (κ1) is 18.7. The van der Waals surface area contributed by atoms with E-state index in [9.17, 15) is 0 Å². The minimum Gasteiger partial charge on any atom is -0.354 e.